The number of nitrogens with one attached hydrogen (secondary N) is 2. The lowest BCUT2D eigenvalue weighted by atomic mass is 10.2. The summed E-state index contributed by atoms with van der Waals surface area (Å²) in [6, 6.07) is 17.0. The Balaban J connectivity index is 1.61. The number of halogens is 1. The lowest BCUT2D eigenvalue weighted by Crippen LogP contribution is -2.23. The summed E-state index contributed by atoms with van der Waals surface area (Å²) in [6.07, 6.45) is 2.96. The van der Waals surface area contributed by atoms with Gasteiger partial charge in [-0.15, -0.1) is 0 Å². The first-order valence-corrected chi connectivity index (χ1v) is 7.76. The first-order chi connectivity index (χ1) is 11.7. The van der Waals surface area contributed by atoms with Gasteiger partial charge in [-0.2, -0.15) is 0 Å². The van der Waals surface area contributed by atoms with Crippen LogP contribution in [-0.4, -0.2) is 15.9 Å². The van der Waals surface area contributed by atoms with E-state index in [0.29, 0.717) is 28.8 Å². The molecule has 6 heteroatoms. The summed E-state index contributed by atoms with van der Waals surface area (Å²) in [6.45, 7) is 0.458. The zero-order valence-electron chi connectivity index (χ0n) is 12.7. The molecule has 0 bridgehead atoms. The Kier molecular flexibility index (Phi) is 5.03. The highest BCUT2D eigenvalue weighted by atomic mass is 35.5. The Labute approximate surface area is 144 Å². The zero-order chi connectivity index (χ0) is 16.8. The molecule has 0 unspecified atom stereocenters. The summed E-state index contributed by atoms with van der Waals surface area (Å²) in [4.78, 5) is 20.4. The number of hydrogen-bond acceptors (Lipinski definition) is 4. The first-order valence-electron chi connectivity index (χ1n) is 7.38. The molecule has 1 aromatic heterocycles. The van der Waals surface area contributed by atoms with Crippen molar-refractivity contribution in [3.8, 4) is 0 Å². The molecule has 5 nitrogen and oxygen atoms in total. The van der Waals surface area contributed by atoms with Gasteiger partial charge in [-0.1, -0.05) is 54.1 Å². The van der Waals surface area contributed by atoms with Gasteiger partial charge in [0, 0.05) is 18.9 Å². The van der Waals surface area contributed by atoms with E-state index in [-0.39, 0.29) is 5.91 Å². The van der Waals surface area contributed by atoms with Crippen LogP contribution in [0.2, 0.25) is 5.02 Å². The third-order valence-electron chi connectivity index (χ3n) is 3.33. The Hall–Kier alpha value is -2.92. The number of amides is 1. The normalized spacial score (nSPS) is 10.2. The fourth-order valence-electron chi connectivity index (χ4n) is 2.07. The molecule has 0 aliphatic heterocycles. The molecule has 2 aromatic carbocycles. The maximum atomic E-state index is 12.1. The van der Waals surface area contributed by atoms with Crippen LogP contribution in [0.1, 0.15) is 15.9 Å². The fourth-order valence-corrected chi connectivity index (χ4v) is 2.26. The maximum Gasteiger partial charge on any atom is 0.254 e. The van der Waals surface area contributed by atoms with Crippen molar-refractivity contribution < 1.29 is 4.79 Å². The minimum absolute atomic E-state index is 0.219. The van der Waals surface area contributed by atoms with E-state index in [9.17, 15) is 4.79 Å². The van der Waals surface area contributed by atoms with Crippen molar-refractivity contribution in [2.45, 2.75) is 6.54 Å². The van der Waals surface area contributed by atoms with Crippen LogP contribution in [0.4, 0.5) is 11.6 Å². The number of carbonyl (C=O) groups is 1. The number of hydrogen-bond donors (Lipinski definition) is 2. The number of carbonyl (C=O) groups excluding carboxylic acids is 1. The highest BCUT2D eigenvalue weighted by Gasteiger charge is 2.08. The monoisotopic (exact) mass is 338 g/mol. The molecular weight excluding hydrogens is 324 g/mol. The summed E-state index contributed by atoms with van der Waals surface area (Å²) < 4.78 is 0. The molecule has 0 fully saturated rings. The highest BCUT2D eigenvalue weighted by molar-refractivity contribution is 6.33. The standard InChI is InChI=1S/C18H15ClN4O/c19-15-8-4-5-9-16(15)23-18-21-11-14(12-22-18)17(24)20-10-13-6-2-1-3-7-13/h1-9,11-12H,10H2,(H,20,24)(H,21,22,23). The number of aromatic nitrogens is 2. The number of para-hydroxylation sites is 1. The highest BCUT2D eigenvalue weighted by Crippen LogP contribution is 2.22. The van der Waals surface area contributed by atoms with Crippen LogP contribution in [0.3, 0.4) is 0 Å². The Morgan fingerprint density at radius 1 is 0.958 bits per heavy atom. The van der Waals surface area contributed by atoms with Crippen molar-refractivity contribution in [3.63, 3.8) is 0 Å². The summed E-state index contributed by atoms with van der Waals surface area (Å²) in [5, 5.41) is 6.42. The summed E-state index contributed by atoms with van der Waals surface area (Å²) in [7, 11) is 0. The summed E-state index contributed by atoms with van der Waals surface area (Å²) in [5.74, 6) is 0.158. The van der Waals surface area contributed by atoms with Gasteiger partial charge in [0.1, 0.15) is 0 Å². The van der Waals surface area contributed by atoms with Gasteiger partial charge in [0.05, 0.1) is 16.3 Å². The van der Waals surface area contributed by atoms with E-state index in [2.05, 4.69) is 20.6 Å². The van der Waals surface area contributed by atoms with Gasteiger partial charge >= 0.3 is 0 Å². The molecule has 0 atom stereocenters. The van der Waals surface area contributed by atoms with Gasteiger partial charge in [0.25, 0.3) is 5.91 Å². The van der Waals surface area contributed by atoms with Crippen LogP contribution in [-0.2, 0) is 6.54 Å². The molecule has 0 saturated carbocycles. The van der Waals surface area contributed by atoms with Crippen LogP contribution in [0.25, 0.3) is 0 Å². The van der Waals surface area contributed by atoms with Crippen LogP contribution in [0, 0.1) is 0 Å². The number of nitrogens with zero attached hydrogens (tertiary/aromatic N) is 2. The second-order valence-electron chi connectivity index (χ2n) is 5.07. The molecule has 0 aliphatic carbocycles. The zero-order valence-corrected chi connectivity index (χ0v) is 13.5. The topological polar surface area (TPSA) is 66.9 Å². The molecule has 0 aliphatic rings. The van der Waals surface area contributed by atoms with Gasteiger partial charge in [-0.05, 0) is 17.7 Å². The lowest BCUT2D eigenvalue weighted by Gasteiger charge is -2.08. The van der Waals surface area contributed by atoms with Crippen molar-refractivity contribution in [2.75, 3.05) is 5.32 Å². The van der Waals surface area contributed by atoms with Crippen LogP contribution >= 0.6 is 11.6 Å². The fraction of sp³-hybridized carbons (Fsp3) is 0.0556. The number of rotatable bonds is 5. The van der Waals surface area contributed by atoms with Crippen LogP contribution in [0.15, 0.2) is 67.0 Å². The molecule has 0 spiro atoms. The van der Waals surface area contributed by atoms with E-state index < -0.39 is 0 Å². The quantitative estimate of drug-likeness (QED) is 0.742. The van der Waals surface area contributed by atoms with Crippen LogP contribution in [0.5, 0.6) is 0 Å². The van der Waals surface area contributed by atoms with E-state index >= 15 is 0 Å². The molecule has 3 aromatic rings. The van der Waals surface area contributed by atoms with Gasteiger partial charge in [0.15, 0.2) is 0 Å². The summed E-state index contributed by atoms with van der Waals surface area (Å²) in [5.41, 5.74) is 2.14. The Bertz CT molecular complexity index is 822. The largest absolute Gasteiger partial charge is 0.348 e. The third kappa shape index (κ3) is 4.08. The SMILES string of the molecule is O=C(NCc1ccccc1)c1cnc(Nc2ccccc2Cl)nc1. The molecule has 120 valence electrons. The summed E-state index contributed by atoms with van der Waals surface area (Å²) >= 11 is 6.07. The van der Waals surface area contributed by atoms with Crippen molar-refractivity contribution in [1.82, 2.24) is 15.3 Å². The van der Waals surface area contributed by atoms with Gasteiger partial charge in [-0.25, -0.2) is 9.97 Å². The number of benzene rings is 2. The van der Waals surface area contributed by atoms with E-state index in [0.717, 1.165) is 5.56 Å². The molecule has 3 rings (SSSR count). The minimum Gasteiger partial charge on any atom is -0.348 e. The predicted octanol–water partition coefficient (Wildman–Crippen LogP) is 3.80. The number of anilines is 2. The molecule has 0 saturated heterocycles. The van der Waals surface area contributed by atoms with Gasteiger partial charge < -0.3 is 10.6 Å². The Morgan fingerprint density at radius 3 is 2.33 bits per heavy atom. The molecule has 1 heterocycles. The van der Waals surface area contributed by atoms with E-state index in [1.165, 1.54) is 12.4 Å². The van der Waals surface area contributed by atoms with E-state index in [4.69, 9.17) is 11.6 Å². The smallest absolute Gasteiger partial charge is 0.254 e. The molecular formula is C18H15ClN4O. The lowest BCUT2D eigenvalue weighted by molar-refractivity contribution is 0.0950. The molecule has 0 radical (unpaired) electrons. The van der Waals surface area contributed by atoms with Gasteiger partial charge in [0.2, 0.25) is 5.95 Å². The Morgan fingerprint density at radius 2 is 1.62 bits per heavy atom. The van der Waals surface area contributed by atoms with Crippen molar-refractivity contribution in [3.05, 3.63) is 83.1 Å². The third-order valence-corrected chi connectivity index (χ3v) is 3.66. The molecule has 2 N–H and O–H groups in total. The second-order valence-corrected chi connectivity index (χ2v) is 5.48. The first kappa shape index (κ1) is 16.0. The minimum atomic E-state index is -0.219. The second kappa shape index (κ2) is 7.57. The van der Waals surface area contributed by atoms with E-state index in [1.807, 2.05) is 48.5 Å². The van der Waals surface area contributed by atoms with Crippen LogP contribution < -0.4 is 10.6 Å². The molecule has 24 heavy (non-hydrogen) atoms. The van der Waals surface area contributed by atoms with E-state index in [1.54, 1.807) is 6.07 Å². The van der Waals surface area contributed by atoms with Crippen molar-refractivity contribution >= 4 is 29.1 Å². The van der Waals surface area contributed by atoms with Gasteiger partial charge in [-0.3, -0.25) is 4.79 Å². The average Bonchev–Trinajstić information content (AvgIpc) is 2.63. The van der Waals surface area contributed by atoms with Crippen molar-refractivity contribution in [2.24, 2.45) is 0 Å². The van der Waals surface area contributed by atoms with Crippen molar-refractivity contribution in [1.29, 1.82) is 0 Å². The predicted molar refractivity (Wildman–Crippen MR) is 94.4 cm³/mol. The molecule has 1 amide bonds. The average molecular weight is 339 g/mol. The maximum absolute atomic E-state index is 12.1.